The molecule has 0 aliphatic carbocycles. The highest BCUT2D eigenvalue weighted by Crippen LogP contribution is 2.38. The van der Waals surface area contributed by atoms with Crippen LogP contribution in [-0.4, -0.2) is 9.97 Å². The van der Waals surface area contributed by atoms with Crippen LogP contribution in [0.1, 0.15) is 0 Å². The average Bonchev–Trinajstić information content (AvgIpc) is 3.62. The summed E-state index contributed by atoms with van der Waals surface area (Å²) in [6.45, 7) is 0. The standard InChI is InChI=1S/C50H32N2O/c1-3-11-33(12-4-1)35-19-22-37(23-20-35)50-51-46(36-14-5-2-6-15-36)32-47(52-50)43-29-41(39-24-21-34-13-7-8-16-38(34)27-39)28-42(30-43)40-25-26-49-45(31-40)44-17-9-10-18-48(44)53-49/h1-32H. The number of fused-ring (bicyclic) bond motifs is 4. The highest BCUT2D eigenvalue weighted by molar-refractivity contribution is 6.06. The highest BCUT2D eigenvalue weighted by atomic mass is 16.3. The summed E-state index contributed by atoms with van der Waals surface area (Å²) in [6.07, 6.45) is 0. The molecule has 53 heavy (non-hydrogen) atoms. The van der Waals surface area contributed by atoms with Crippen molar-refractivity contribution in [2.45, 2.75) is 0 Å². The molecule has 248 valence electrons. The van der Waals surface area contributed by atoms with E-state index >= 15 is 0 Å². The van der Waals surface area contributed by atoms with Gasteiger partial charge in [0.15, 0.2) is 5.82 Å². The van der Waals surface area contributed by atoms with Crippen LogP contribution in [0.3, 0.4) is 0 Å². The molecule has 0 N–H and O–H groups in total. The Bertz CT molecular complexity index is 2930. The number of benzene rings is 8. The average molecular weight is 677 g/mol. The lowest BCUT2D eigenvalue weighted by Gasteiger charge is -2.14. The van der Waals surface area contributed by atoms with Gasteiger partial charge in [-0.3, -0.25) is 0 Å². The van der Waals surface area contributed by atoms with E-state index < -0.39 is 0 Å². The van der Waals surface area contributed by atoms with Gasteiger partial charge in [0.1, 0.15) is 11.2 Å². The molecular formula is C50H32N2O. The van der Waals surface area contributed by atoms with Gasteiger partial charge in [-0.05, 0) is 92.7 Å². The predicted octanol–water partition coefficient (Wildman–Crippen LogP) is 13.5. The van der Waals surface area contributed by atoms with Crippen molar-refractivity contribution in [2.75, 3.05) is 0 Å². The number of hydrogen-bond donors (Lipinski definition) is 0. The second-order valence-electron chi connectivity index (χ2n) is 13.4. The molecule has 10 rings (SSSR count). The van der Waals surface area contributed by atoms with Crippen molar-refractivity contribution in [2.24, 2.45) is 0 Å². The summed E-state index contributed by atoms with van der Waals surface area (Å²) in [6, 6.07) is 68.2. The van der Waals surface area contributed by atoms with Crippen LogP contribution in [0.15, 0.2) is 199 Å². The zero-order chi connectivity index (χ0) is 35.1. The number of para-hydroxylation sites is 1. The monoisotopic (exact) mass is 676 g/mol. The predicted molar refractivity (Wildman–Crippen MR) is 219 cm³/mol. The third-order valence-corrected chi connectivity index (χ3v) is 10.1. The normalized spacial score (nSPS) is 11.4. The highest BCUT2D eigenvalue weighted by Gasteiger charge is 2.15. The first-order valence-corrected chi connectivity index (χ1v) is 17.9. The van der Waals surface area contributed by atoms with Crippen LogP contribution in [0.25, 0.3) is 100.0 Å². The van der Waals surface area contributed by atoms with Crippen LogP contribution in [-0.2, 0) is 0 Å². The maximum Gasteiger partial charge on any atom is 0.160 e. The molecule has 0 saturated carbocycles. The van der Waals surface area contributed by atoms with Crippen molar-refractivity contribution >= 4 is 32.7 Å². The molecule has 0 unspecified atom stereocenters. The molecular weight excluding hydrogens is 645 g/mol. The van der Waals surface area contributed by atoms with Gasteiger partial charge in [-0.15, -0.1) is 0 Å². The lowest BCUT2D eigenvalue weighted by Crippen LogP contribution is -1.96. The Morgan fingerprint density at radius 3 is 1.58 bits per heavy atom. The lowest BCUT2D eigenvalue weighted by molar-refractivity contribution is 0.669. The van der Waals surface area contributed by atoms with Crippen molar-refractivity contribution in [1.82, 2.24) is 9.97 Å². The number of hydrogen-bond acceptors (Lipinski definition) is 3. The van der Waals surface area contributed by atoms with E-state index in [0.29, 0.717) is 5.82 Å². The molecule has 8 aromatic carbocycles. The van der Waals surface area contributed by atoms with Gasteiger partial charge in [0, 0.05) is 27.5 Å². The van der Waals surface area contributed by atoms with Gasteiger partial charge in [0.05, 0.1) is 11.4 Å². The van der Waals surface area contributed by atoms with Crippen molar-refractivity contribution in [3.05, 3.63) is 194 Å². The molecule has 0 aliphatic heterocycles. The van der Waals surface area contributed by atoms with E-state index in [1.54, 1.807) is 0 Å². The first-order chi connectivity index (χ1) is 26.2. The minimum atomic E-state index is 0.685. The number of furan rings is 1. The minimum absolute atomic E-state index is 0.685. The van der Waals surface area contributed by atoms with Crippen LogP contribution >= 0.6 is 0 Å². The summed E-state index contributed by atoms with van der Waals surface area (Å²) in [4.78, 5) is 10.4. The van der Waals surface area contributed by atoms with E-state index in [-0.39, 0.29) is 0 Å². The molecule has 2 aromatic heterocycles. The van der Waals surface area contributed by atoms with Crippen molar-refractivity contribution in [3.8, 4) is 67.3 Å². The Morgan fingerprint density at radius 1 is 0.283 bits per heavy atom. The van der Waals surface area contributed by atoms with Crippen LogP contribution in [0.2, 0.25) is 0 Å². The minimum Gasteiger partial charge on any atom is -0.456 e. The van der Waals surface area contributed by atoms with Gasteiger partial charge in [-0.2, -0.15) is 0 Å². The van der Waals surface area contributed by atoms with Gasteiger partial charge in [0.2, 0.25) is 0 Å². The molecule has 3 heteroatoms. The summed E-state index contributed by atoms with van der Waals surface area (Å²) in [7, 11) is 0. The molecule has 2 heterocycles. The van der Waals surface area contributed by atoms with Crippen LogP contribution < -0.4 is 0 Å². The first-order valence-electron chi connectivity index (χ1n) is 17.9. The molecule has 0 spiro atoms. The summed E-state index contributed by atoms with van der Waals surface area (Å²) >= 11 is 0. The van der Waals surface area contributed by atoms with E-state index in [1.807, 2.05) is 24.3 Å². The topological polar surface area (TPSA) is 38.9 Å². The van der Waals surface area contributed by atoms with Gasteiger partial charge >= 0.3 is 0 Å². The Kier molecular flexibility index (Phi) is 7.47. The quantitative estimate of drug-likeness (QED) is 0.176. The largest absolute Gasteiger partial charge is 0.456 e. The maximum atomic E-state index is 6.20. The van der Waals surface area contributed by atoms with E-state index in [0.717, 1.165) is 77.8 Å². The summed E-state index contributed by atoms with van der Waals surface area (Å²) < 4.78 is 6.20. The second kappa shape index (κ2) is 12.9. The van der Waals surface area contributed by atoms with Crippen LogP contribution in [0.4, 0.5) is 0 Å². The van der Waals surface area contributed by atoms with Crippen LogP contribution in [0.5, 0.6) is 0 Å². The lowest BCUT2D eigenvalue weighted by atomic mass is 9.93. The summed E-state index contributed by atoms with van der Waals surface area (Å²) in [5, 5.41) is 4.64. The first kappa shape index (κ1) is 30.7. The van der Waals surface area contributed by atoms with Gasteiger partial charge < -0.3 is 4.42 Å². The third kappa shape index (κ3) is 5.85. The second-order valence-corrected chi connectivity index (χ2v) is 13.4. The Morgan fingerprint density at radius 2 is 0.811 bits per heavy atom. The Labute approximate surface area is 307 Å². The van der Waals surface area contributed by atoms with E-state index in [2.05, 4.69) is 170 Å². The zero-order valence-corrected chi connectivity index (χ0v) is 28.8. The fourth-order valence-electron chi connectivity index (χ4n) is 7.31. The molecule has 10 aromatic rings. The van der Waals surface area contributed by atoms with Gasteiger partial charge in [-0.1, -0.05) is 146 Å². The molecule has 0 amide bonds. The van der Waals surface area contributed by atoms with Crippen molar-refractivity contribution < 1.29 is 4.42 Å². The molecule has 0 atom stereocenters. The molecule has 0 fully saturated rings. The zero-order valence-electron chi connectivity index (χ0n) is 28.8. The molecule has 0 aliphatic rings. The fourth-order valence-corrected chi connectivity index (χ4v) is 7.31. The Hall–Kier alpha value is -7.10. The van der Waals surface area contributed by atoms with E-state index in [4.69, 9.17) is 14.4 Å². The van der Waals surface area contributed by atoms with Crippen molar-refractivity contribution in [3.63, 3.8) is 0 Å². The van der Waals surface area contributed by atoms with Crippen LogP contribution in [0, 0.1) is 0 Å². The third-order valence-electron chi connectivity index (χ3n) is 10.1. The van der Waals surface area contributed by atoms with Gasteiger partial charge in [0.25, 0.3) is 0 Å². The number of nitrogens with zero attached hydrogens (tertiary/aromatic N) is 2. The van der Waals surface area contributed by atoms with E-state index in [1.165, 1.54) is 16.3 Å². The number of aromatic nitrogens is 2. The molecule has 0 bridgehead atoms. The van der Waals surface area contributed by atoms with Gasteiger partial charge in [-0.25, -0.2) is 9.97 Å². The molecule has 0 radical (unpaired) electrons. The smallest absolute Gasteiger partial charge is 0.160 e. The Balaban J connectivity index is 1.17. The molecule has 3 nitrogen and oxygen atoms in total. The maximum absolute atomic E-state index is 6.20. The summed E-state index contributed by atoms with van der Waals surface area (Å²) in [5.74, 6) is 0.685. The number of rotatable bonds is 6. The SMILES string of the molecule is c1ccc(-c2ccc(-c3nc(-c4ccccc4)cc(-c4cc(-c5ccc6ccccc6c5)cc(-c5ccc6oc7ccccc7c6c5)c4)n3)cc2)cc1. The van der Waals surface area contributed by atoms with Crippen molar-refractivity contribution in [1.29, 1.82) is 0 Å². The molecule has 0 saturated heterocycles. The van der Waals surface area contributed by atoms with E-state index in [9.17, 15) is 0 Å². The summed E-state index contributed by atoms with van der Waals surface area (Å²) in [5.41, 5.74) is 13.4. The fraction of sp³-hybridized carbons (Fsp3) is 0.